The monoisotopic (exact) mass is 422 g/mol. The highest BCUT2D eigenvalue weighted by atomic mass is 16.1. The maximum Gasteiger partial charge on any atom is 0.273 e. The lowest BCUT2D eigenvalue weighted by atomic mass is 9.72. The van der Waals surface area contributed by atoms with Crippen molar-refractivity contribution < 1.29 is 4.79 Å². The highest BCUT2D eigenvalue weighted by Crippen LogP contribution is 2.40. The third-order valence-corrected chi connectivity index (χ3v) is 6.89. The van der Waals surface area contributed by atoms with E-state index in [0.29, 0.717) is 23.2 Å². The molecule has 5 rings (SSSR count). The van der Waals surface area contributed by atoms with Crippen molar-refractivity contribution in [1.82, 2.24) is 20.1 Å². The van der Waals surface area contributed by atoms with Crippen LogP contribution in [0.2, 0.25) is 0 Å². The molecule has 1 spiro atoms. The summed E-state index contributed by atoms with van der Waals surface area (Å²) < 4.78 is 0. The lowest BCUT2D eigenvalue weighted by Gasteiger charge is -2.53. The van der Waals surface area contributed by atoms with E-state index in [9.17, 15) is 4.79 Å². The lowest BCUT2D eigenvalue weighted by molar-refractivity contribution is 0.00132. The Hall–Kier alpha value is -2.94. The van der Waals surface area contributed by atoms with Crippen LogP contribution in [0.25, 0.3) is 0 Å². The Kier molecular flexibility index (Phi) is 5.13. The number of likely N-dealkylation sites (tertiary alicyclic amines) is 1. The van der Waals surface area contributed by atoms with Crippen molar-refractivity contribution in [3.63, 3.8) is 0 Å². The summed E-state index contributed by atoms with van der Waals surface area (Å²) in [6, 6.07) is 8.63. The second-order valence-corrected chi connectivity index (χ2v) is 9.30. The molecule has 1 aliphatic carbocycles. The van der Waals surface area contributed by atoms with E-state index in [4.69, 9.17) is 5.73 Å². The Morgan fingerprint density at radius 1 is 1.13 bits per heavy atom. The van der Waals surface area contributed by atoms with Gasteiger partial charge in [0.25, 0.3) is 5.91 Å². The molecule has 0 radical (unpaired) electrons. The number of aromatic nitrogens is 3. The summed E-state index contributed by atoms with van der Waals surface area (Å²) in [5.74, 6) is 0.110. The van der Waals surface area contributed by atoms with E-state index in [1.807, 2.05) is 12.1 Å². The lowest BCUT2D eigenvalue weighted by Crippen LogP contribution is -2.58. The summed E-state index contributed by atoms with van der Waals surface area (Å²) in [5, 5.41) is 14.5. The number of nitrogens with zero attached hydrogens (tertiary/aromatic N) is 5. The molecule has 2 saturated heterocycles. The fourth-order valence-electron chi connectivity index (χ4n) is 4.93. The minimum Gasteiger partial charge on any atom is -0.371 e. The fraction of sp³-hybridized carbons (Fsp3) is 0.545. The molecule has 2 aliphatic heterocycles. The molecule has 0 unspecified atom stereocenters. The first-order chi connectivity index (χ1) is 15.0. The van der Waals surface area contributed by atoms with Crippen LogP contribution >= 0.6 is 0 Å². The van der Waals surface area contributed by atoms with Crippen molar-refractivity contribution in [1.29, 1.82) is 0 Å². The number of hydrogen-bond donors (Lipinski definition) is 3. The van der Waals surface area contributed by atoms with Gasteiger partial charge < -0.3 is 26.2 Å². The van der Waals surface area contributed by atoms with E-state index in [1.165, 1.54) is 38.0 Å². The van der Waals surface area contributed by atoms with Gasteiger partial charge in [-0.3, -0.25) is 4.79 Å². The second-order valence-electron chi connectivity index (χ2n) is 9.30. The average molecular weight is 423 g/mol. The van der Waals surface area contributed by atoms with Gasteiger partial charge in [-0.05, 0) is 68.8 Å². The van der Waals surface area contributed by atoms with Crippen LogP contribution in [-0.2, 0) is 0 Å². The Balaban J connectivity index is 1.23. The standard InChI is InChI=1S/C22H30N8O/c1-29-13-22(14-29)9-11-30(12-10-22)17-7-5-16(6-8-17)25-21-26-20(24-15-3-2-4-15)18(19(23)31)27-28-21/h5-8,15H,2-4,9-14H2,1H3,(H2,23,31)(H2,24,25,26,28). The fourth-order valence-corrected chi connectivity index (χ4v) is 4.93. The average Bonchev–Trinajstić information content (AvgIpc) is 2.71. The zero-order chi connectivity index (χ0) is 21.4. The minimum atomic E-state index is -0.630. The molecule has 9 nitrogen and oxygen atoms in total. The Bertz CT molecular complexity index is 942. The van der Waals surface area contributed by atoms with Crippen LogP contribution in [0.1, 0.15) is 42.6 Å². The maximum absolute atomic E-state index is 11.7. The van der Waals surface area contributed by atoms with E-state index < -0.39 is 5.91 Å². The predicted octanol–water partition coefficient (Wildman–Crippen LogP) is 2.21. The van der Waals surface area contributed by atoms with Gasteiger partial charge in [-0.2, -0.15) is 4.98 Å². The summed E-state index contributed by atoms with van der Waals surface area (Å²) in [4.78, 5) is 21.0. The number of benzene rings is 1. The van der Waals surface area contributed by atoms with Gasteiger partial charge in [0.2, 0.25) is 5.95 Å². The molecule has 164 valence electrons. The molecule has 0 atom stereocenters. The molecule has 9 heteroatoms. The molecule has 31 heavy (non-hydrogen) atoms. The molecule has 1 aromatic carbocycles. The SMILES string of the molecule is CN1CC2(CCN(c3ccc(Nc4nnc(C(N)=O)c(NC5CCC5)n4)cc3)CC2)C1. The summed E-state index contributed by atoms with van der Waals surface area (Å²) in [6.07, 6.45) is 5.82. The topological polar surface area (TPSA) is 112 Å². The quantitative estimate of drug-likeness (QED) is 0.650. The molecule has 0 bridgehead atoms. The Morgan fingerprint density at radius 3 is 2.42 bits per heavy atom. The number of anilines is 4. The summed E-state index contributed by atoms with van der Waals surface area (Å²) in [7, 11) is 2.20. The van der Waals surface area contributed by atoms with E-state index in [2.05, 4.69) is 54.8 Å². The van der Waals surface area contributed by atoms with Gasteiger partial charge in [0, 0.05) is 43.6 Å². The molecule has 1 saturated carbocycles. The van der Waals surface area contributed by atoms with Crippen molar-refractivity contribution in [2.75, 3.05) is 48.8 Å². The molecular formula is C22H30N8O. The van der Waals surface area contributed by atoms with Gasteiger partial charge in [0.15, 0.2) is 11.5 Å². The minimum absolute atomic E-state index is 0.0772. The van der Waals surface area contributed by atoms with E-state index in [-0.39, 0.29) is 5.69 Å². The number of hydrogen-bond acceptors (Lipinski definition) is 8. The van der Waals surface area contributed by atoms with Crippen LogP contribution < -0.4 is 21.3 Å². The predicted molar refractivity (Wildman–Crippen MR) is 121 cm³/mol. The van der Waals surface area contributed by atoms with E-state index >= 15 is 0 Å². The highest BCUT2D eigenvalue weighted by molar-refractivity contribution is 5.95. The number of rotatable bonds is 6. The van der Waals surface area contributed by atoms with Gasteiger partial charge >= 0.3 is 0 Å². The third-order valence-electron chi connectivity index (χ3n) is 6.89. The zero-order valence-corrected chi connectivity index (χ0v) is 18.0. The van der Waals surface area contributed by atoms with Crippen molar-refractivity contribution in [2.45, 2.75) is 38.1 Å². The summed E-state index contributed by atoms with van der Waals surface area (Å²) in [6.45, 7) is 4.70. The molecular weight excluding hydrogens is 392 g/mol. The summed E-state index contributed by atoms with van der Waals surface area (Å²) >= 11 is 0. The van der Waals surface area contributed by atoms with Gasteiger partial charge in [0.05, 0.1) is 0 Å². The Morgan fingerprint density at radius 2 is 1.84 bits per heavy atom. The molecule has 3 fully saturated rings. The number of nitrogens with one attached hydrogen (secondary N) is 2. The van der Waals surface area contributed by atoms with E-state index in [1.54, 1.807) is 0 Å². The number of amides is 1. The van der Waals surface area contributed by atoms with Crippen LogP contribution in [0, 0.1) is 5.41 Å². The molecule has 1 amide bonds. The van der Waals surface area contributed by atoms with Gasteiger partial charge in [-0.25, -0.2) is 0 Å². The van der Waals surface area contributed by atoms with Crippen molar-refractivity contribution in [3.05, 3.63) is 30.0 Å². The number of primary amides is 1. The highest BCUT2D eigenvalue weighted by Gasteiger charge is 2.43. The van der Waals surface area contributed by atoms with Crippen molar-refractivity contribution >= 4 is 29.0 Å². The molecule has 1 aromatic heterocycles. The van der Waals surface area contributed by atoms with Crippen LogP contribution in [0.4, 0.5) is 23.1 Å². The van der Waals surface area contributed by atoms with Gasteiger partial charge in [0.1, 0.15) is 0 Å². The third kappa shape index (κ3) is 4.14. The Labute approximate surface area is 182 Å². The van der Waals surface area contributed by atoms with Crippen LogP contribution in [-0.4, -0.2) is 65.3 Å². The molecule has 4 N–H and O–H groups in total. The largest absolute Gasteiger partial charge is 0.371 e. The maximum atomic E-state index is 11.7. The van der Waals surface area contributed by atoms with Crippen molar-refractivity contribution in [3.8, 4) is 0 Å². The number of piperidine rings is 1. The van der Waals surface area contributed by atoms with Gasteiger partial charge in [-0.1, -0.05) is 0 Å². The number of nitrogens with two attached hydrogens (primary N) is 1. The second kappa shape index (κ2) is 7.96. The smallest absolute Gasteiger partial charge is 0.273 e. The first kappa shape index (κ1) is 20.0. The molecule has 3 heterocycles. The molecule has 3 aliphatic rings. The van der Waals surface area contributed by atoms with Crippen LogP contribution in [0.3, 0.4) is 0 Å². The first-order valence-electron chi connectivity index (χ1n) is 11.1. The van der Waals surface area contributed by atoms with E-state index in [0.717, 1.165) is 31.6 Å². The van der Waals surface area contributed by atoms with Crippen LogP contribution in [0.15, 0.2) is 24.3 Å². The summed E-state index contributed by atoms with van der Waals surface area (Å²) in [5.41, 5.74) is 8.17. The number of carbonyl (C=O) groups is 1. The normalized spacial score (nSPS) is 20.7. The van der Waals surface area contributed by atoms with Crippen molar-refractivity contribution in [2.24, 2.45) is 11.1 Å². The van der Waals surface area contributed by atoms with Gasteiger partial charge in [-0.15, -0.1) is 10.2 Å². The zero-order valence-electron chi connectivity index (χ0n) is 18.0. The molecule has 2 aromatic rings. The first-order valence-corrected chi connectivity index (χ1v) is 11.1. The van der Waals surface area contributed by atoms with Crippen LogP contribution in [0.5, 0.6) is 0 Å². The number of carbonyl (C=O) groups excluding carboxylic acids is 1.